The number of rotatable bonds is 7. The van der Waals surface area contributed by atoms with E-state index in [9.17, 15) is 0 Å². The summed E-state index contributed by atoms with van der Waals surface area (Å²) in [4.78, 5) is 4.36. The second-order valence-corrected chi connectivity index (χ2v) is 5.48. The SMILES string of the molecule is CCCNc1ccnc(COc2cccc(C(C)C)c2)c1. The van der Waals surface area contributed by atoms with Crippen LogP contribution in [0.5, 0.6) is 5.75 Å². The van der Waals surface area contributed by atoms with Crippen molar-refractivity contribution >= 4 is 5.69 Å². The highest BCUT2D eigenvalue weighted by Crippen LogP contribution is 2.21. The summed E-state index contributed by atoms with van der Waals surface area (Å²) in [7, 11) is 0. The van der Waals surface area contributed by atoms with Gasteiger partial charge < -0.3 is 10.1 Å². The molecule has 0 spiro atoms. The van der Waals surface area contributed by atoms with E-state index in [1.807, 2.05) is 30.5 Å². The lowest BCUT2D eigenvalue weighted by Gasteiger charge is -2.10. The van der Waals surface area contributed by atoms with Crippen LogP contribution in [0.2, 0.25) is 0 Å². The molecule has 2 aromatic rings. The molecule has 1 N–H and O–H groups in total. The number of pyridine rings is 1. The van der Waals surface area contributed by atoms with Crippen LogP contribution in [0.25, 0.3) is 0 Å². The van der Waals surface area contributed by atoms with E-state index < -0.39 is 0 Å². The van der Waals surface area contributed by atoms with Gasteiger partial charge in [-0.1, -0.05) is 32.9 Å². The lowest BCUT2D eigenvalue weighted by molar-refractivity contribution is 0.301. The van der Waals surface area contributed by atoms with Crippen LogP contribution in [-0.4, -0.2) is 11.5 Å². The van der Waals surface area contributed by atoms with E-state index in [-0.39, 0.29) is 0 Å². The van der Waals surface area contributed by atoms with Crippen molar-refractivity contribution in [1.29, 1.82) is 0 Å². The van der Waals surface area contributed by atoms with Crippen LogP contribution in [0.15, 0.2) is 42.6 Å². The van der Waals surface area contributed by atoms with Crippen molar-refractivity contribution in [3.05, 3.63) is 53.9 Å². The summed E-state index contributed by atoms with van der Waals surface area (Å²) in [5, 5.41) is 3.36. The number of hydrogen-bond donors (Lipinski definition) is 1. The van der Waals surface area contributed by atoms with Gasteiger partial charge in [-0.05, 0) is 42.2 Å². The molecule has 0 atom stereocenters. The third kappa shape index (κ3) is 4.78. The van der Waals surface area contributed by atoms with Crippen molar-refractivity contribution in [3.8, 4) is 5.75 Å². The van der Waals surface area contributed by atoms with E-state index in [1.54, 1.807) is 0 Å². The second kappa shape index (κ2) is 7.67. The highest BCUT2D eigenvalue weighted by Gasteiger charge is 2.02. The van der Waals surface area contributed by atoms with E-state index in [1.165, 1.54) is 5.56 Å². The van der Waals surface area contributed by atoms with Crippen molar-refractivity contribution in [2.75, 3.05) is 11.9 Å². The minimum Gasteiger partial charge on any atom is -0.487 e. The Kier molecular flexibility index (Phi) is 5.61. The number of nitrogens with one attached hydrogen (secondary N) is 1. The highest BCUT2D eigenvalue weighted by atomic mass is 16.5. The van der Waals surface area contributed by atoms with Crippen molar-refractivity contribution < 1.29 is 4.74 Å². The fraction of sp³-hybridized carbons (Fsp3) is 0.389. The van der Waals surface area contributed by atoms with Crippen LogP contribution in [0.4, 0.5) is 5.69 Å². The first-order valence-corrected chi connectivity index (χ1v) is 7.60. The third-order valence-electron chi connectivity index (χ3n) is 3.31. The van der Waals surface area contributed by atoms with Crippen LogP contribution in [0, 0.1) is 0 Å². The summed E-state index contributed by atoms with van der Waals surface area (Å²) in [5.41, 5.74) is 3.33. The Morgan fingerprint density at radius 2 is 2.05 bits per heavy atom. The summed E-state index contributed by atoms with van der Waals surface area (Å²) in [6.45, 7) is 7.98. The largest absolute Gasteiger partial charge is 0.487 e. The number of aromatic nitrogens is 1. The zero-order valence-electron chi connectivity index (χ0n) is 13.1. The Bertz CT molecular complexity index is 567. The first kappa shape index (κ1) is 15.4. The van der Waals surface area contributed by atoms with E-state index in [2.05, 4.69) is 43.2 Å². The van der Waals surface area contributed by atoms with Gasteiger partial charge in [0.15, 0.2) is 0 Å². The molecule has 0 aliphatic heterocycles. The smallest absolute Gasteiger partial charge is 0.130 e. The normalized spacial score (nSPS) is 10.7. The summed E-state index contributed by atoms with van der Waals surface area (Å²) >= 11 is 0. The van der Waals surface area contributed by atoms with Gasteiger partial charge in [0.1, 0.15) is 12.4 Å². The molecule has 3 nitrogen and oxygen atoms in total. The number of benzene rings is 1. The second-order valence-electron chi connectivity index (χ2n) is 5.48. The molecule has 2 rings (SSSR count). The summed E-state index contributed by atoms with van der Waals surface area (Å²) in [6, 6.07) is 12.3. The lowest BCUT2D eigenvalue weighted by atomic mass is 10.0. The maximum atomic E-state index is 5.85. The lowest BCUT2D eigenvalue weighted by Crippen LogP contribution is -2.03. The molecule has 1 heterocycles. The predicted octanol–water partition coefficient (Wildman–Crippen LogP) is 4.61. The van der Waals surface area contributed by atoms with Crippen LogP contribution in [0.1, 0.15) is 44.4 Å². The average Bonchev–Trinajstić information content (AvgIpc) is 2.51. The number of anilines is 1. The topological polar surface area (TPSA) is 34.2 Å². The quantitative estimate of drug-likeness (QED) is 0.806. The molecular formula is C18H24N2O. The molecule has 1 aromatic carbocycles. The molecule has 0 saturated carbocycles. The Morgan fingerprint density at radius 3 is 2.81 bits per heavy atom. The molecule has 0 bridgehead atoms. The van der Waals surface area contributed by atoms with Gasteiger partial charge in [-0.3, -0.25) is 4.98 Å². The Balaban J connectivity index is 1.97. The zero-order chi connectivity index (χ0) is 15.1. The van der Waals surface area contributed by atoms with E-state index in [0.717, 1.165) is 30.1 Å². The maximum Gasteiger partial charge on any atom is 0.130 e. The first-order valence-electron chi connectivity index (χ1n) is 7.60. The van der Waals surface area contributed by atoms with Gasteiger partial charge >= 0.3 is 0 Å². The van der Waals surface area contributed by atoms with E-state index in [0.29, 0.717) is 12.5 Å². The van der Waals surface area contributed by atoms with Gasteiger partial charge in [-0.15, -0.1) is 0 Å². The minimum atomic E-state index is 0.489. The minimum absolute atomic E-state index is 0.489. The van der Waals surface area contributed by atoms with E-state index in [4.69, 9.17) is 4.74 Å². The Labute approximate surface area is 127 Å². The van der Waals surface area contributed by atoms with Gasteiger partial charge in [0.2, 0.25) is 0 Å². The molecule has 3 heteroatoms. The fourth-order valence-electron chi connectivity index (χ4n) is 2.06. The van der Waals surface area contributed by atoms with Crippen molar-refractivity contribution in [3.63, 3.8) is 0 Å². The molecule has 0 aliphatic carbocycles. The standard InChI is InChI=1S/C18H24N2O/c1-4-9-19-16-8-10-20-17(12-16)13-21-18-7-5-6-15(11-18)14(2)3/h5-8,10-12,14H,4,9,13H2,1-3H3,(H,19,20). The Morgan fingerprint density at radius 1 is 1.19 bits per heavy atom. The van der Waals surface area contributed by atoms with Crippen LogP contribution in [0.3, 0.4) is 0 Å². The van der Waals surface area contributed by atoms with Gasteiger partial charge in [-0.25, -0.2) is 0 Å². The fourth-order valence-corrected chi connectivity index (χ4v) is 2.06. The van der Waals surface area contributed by atoms with E-state index >= 15 is 0 Å². The maximum absolute atomic E-state index is 5.85. The van der Waals surface area contributed by atoms with Crippen LogP contribution >= 0.6 is 0 Å². The molecule has 0 fully saturated rings. The van der Waals surface area contributed by atoms with Gasteiger partial charge in [0.25, 0.3) is 0 Å². The highest BCUT2D eigenvalue weighted by molar-refractivity contribution is 5.43. The van der Waals surface area contributed by atoms with Gasteiger partial charge in [0.05, 0.1) is 5.69 Å². The molecule has 0 radical (unpaired) electrons. The van der Waals surface area contributed by atoms with Gasteiger partial charge in [0, 0.05) is 18.4 Å². The van der Waals surface area contributed by atoms with Gasteiger partial charge in [-0.2, -0.15) is 0 Å². The van der Waals surface area contributed by atoms with Crippen LogP contribution < -0.4 is 10.1 Å². The molecule has 21 heavy (non-hydrogen) atoms. The monoisotopic (exact) mass is 284 g/mol. The summed E-state index contributed by atoms with van der Waals surface area (Å²) in [6.07, 6.45) is 2.93. The molecule has 0 aliphatic rings. The number of hydrogen-bond acceptors (Lipinski definition) is 3. The van der Waals surface area contributed by atoms with Crippen molar-refractivity contribution in [2.24, 2.45) is 0 Å². The van der Waals surface area contributed by atoms with Crippen molar-refractivity contribution in [1.82, 2.24) is 4.98 Å². The van der Waals surface area contributed by atoms with Crippen molar-refractivity contribution in [2.45, 2.75) is 39.7 Å². The molecule has 112 valence electrons. The molecular weight excluding hydrogens is 260 g/mol. The molecule has 0 amide bonds. The first-order chi connectivity index (χ1) is 10.2. The third-order valence-corrected chi connectivity index (χ3v) is 3.31. The molecule has 0 saturated heterocycles. The van der Waals surface area contributed by atoms with Crippen LogP contribution in [-0.2, 0) is 6.61 Å². The summed E-state index contributed by atoms with van der Waals surface area (Å²) in [5.74, 6) is 1.41. The average molecular weight is 284 g/mol. The number of nitrogens with zero attached hydrogens (tertiary/aromatic N) is 1. The zero-order valence-corrected chi connectivity index (χ0v) is 13.1. The molecule has 0 unspecified atom stereocenters. The summed E-state index contributed by atoms with van der Waals surface area (Å²) < 4.78 is 5.85. The number of ether oxygens (including phenoxy) is 1. The Hall–Kier alpha value is -2.03. The predicted molar refractivity (Wildman–Crippen MR) is 87.9 cm³/mol. The molecule has 1 aromatic heterocycles.